The molecule has 0 aliphatic heterocycles. The highest BCUT2D eigenvalue weighted by Gasteiger charge is 2.08. The Morgan fingerprint density at radius 2 is 1.95 bits per heavy atom. The predicted octanol–water partition coefficient (Wildman–Crippen LogP) is 4.03. The molecule has 0 aliphatic carbocycles. The fourth-order valence-corrected chi connectivity index (χ4v) is 1.95. The molecule has 0 fully saturated rings. The Kier molecular flexibility index (Phi) is 4.58. The summed E-state index contributed by atoms with van der Waals surface area (Å²) in [5, 5.41) is 0.809. The highest BCUT2D eigenvalue weighted by molar-refractivity contribution is 6.32. The van der Waals surface area contributed by atoms with Crippen LogP contribution in [0.3, 0.4) is 0 Å². The molecular formula is C13H12Cl2N2O2. The molecule has 1 aromatic heterocycles. The van der Waals surface area contributed by atoms with Crippen molar-refractivity contribution in [1.29, 1.82) is 0 Å². The van der Waals surface area contributed by atoms with E-state index in [-0.39, 0.29) is 6.61 Å². The first kappa shape index (κ1) is 14.1. The Morgan fingerprint density at radius 3 is 2.63 bits per heavy atom. The summed E-state index contributed by atoms with van der Waals surface area (Å²) in [4.78, 5) is 8.20. The summed E-state index contributed by atoms with van der Waals surface area (Å²) in [6, 6.07) is 7.02. The molecule has 19 heavy (non-hydrogen) atoms. The number of hydrogen-bond acceptors (Lipinski definition) is 4. The van der Waals surface area contributed by atoms with E-state index in [1.54, 1.807) is 13.2 Å². The van der Waals surface area contributed by atoms with Crippen molar-refractivity contribution in [2.24, 2.45) is 0 Å². The van der Waals surface area contributed by atoms with Crippen LogP contribution in [0.2, 0.25) is 10.2 Å². The quantitative estimate of drug-likeness (QED) is 0.799. The van der Waals surface area contributed by atoms with Crippen molar-refractivity contribution in [3.05, 3.63) is 45.8 Å². The average molecular weight is 299 g/mol. The molecule has 0 spiro atoms. The molecule has 2 aromatic rings. The van der Waals surface area contributed by atoms with Gasteiger partial charge in [0.1, 0.15) is 17.5 Å². The van der Waals surface area contributed by atoms with Gasteiger partial charge in [-0.25, -0.2) is 4.98 Å². The van der Waals surface area contributed by atoms with Crippen molar-refractivity contribution in [3.63, 3.8) is 0 Å². The molecule has 0 atom stereocenters. The Bertz CT molecular complexity index is 591. The lowest BCUT2D eigenvalue weighted by Crippen LogP contribution is -1.99. The van der Waals surface area contributed by atoms with Crippen LogP contribution in [0.1, 0.15) is 11.4 Å². The summed E-state index contributed by atoms with van der Waals surface area (Å²) in [6.07, 6.45) is 0. The summed E-state index contributed by atoms with van der Waals surface area (Å²) in [5.41, 5.74) is 1.05. The van der Waals surface area contributed by atoms with Gasteiger partial charge >= 0.3 is 0 Å². The minimum atomic E-state index is 0.262. The van der Waals surface area contributed by atoms with Crippen LogP contribution >= 0.6 is 23.2 Å². The molecule has 0 bridgehead atoms. The Hall–Kier alpha value is -1.36. The van der Waals surface area contributed by atoms with E-state index in [0.717, 1.165) is 5.56 Å². The zero-order chi connectivity index (χ0) is 13.8. The van der Waals surface area contributed by atoms with E-state index in [1.165, 1.54) is 6.07 Å². The number of aryl methyl sites for hydroxylation is 1. The number of methoxy groups -OCH3 is 1. The maximum Gasteiger partial charge on any atom is 0.224 e. The maximum absolute atomic E-state index is 6.09. The molecule has 0 aliphatic rings. The van der Waals surface area contributed by atoms with E-state index in [0.29, 0.717) is 27.6 Å². The molecule has 6 heteroatoms. The van der Waals surface area contributed by atoms with Crippen molar-refractivity contribution in [1.82, 2.24) is 9.97 Å². The van der Waals surface area contributed by atoms with Gasteiger partial charge in [0.05, 0.1) is 5.02 Å². The Balaban J connectivity index is 2.27. The SMILES string of the molecule is COCc1nc(Cl)cc(Oc2ccc(C)cc2Cl)n1. The van der Waals surface area contributed by atoms with E-state index in [2.05, 4.69) is 9.97 Å². The van der Waals surface area contributed by atoms with Crippen molar-refractivity contribution in [3.8, 4) is 11.6 Å². The summed E-state index contributed by atoms with van der Waals surface area (Å²) in [6.45, 7) is 2.21. The molecule has 1 aromatic carbocycles. The van der Waals surface area contributed by atoms with Crippen molar-refractivity contribution in [2.45, 2.75) is 13.5 Å². The normalized spacial score (nSPS) is 10.5. The van der Waals surface area contributed by atoms with E-state index < -0.39 is 0 Å². The first-order valence-corrected chi connectivity index (χ1v) is 6.30. The van der Waals surface area contributed by atoms with Gasteiger partial charge in [0.15, 0.2) is 5.82 Å². The third-order valence-corrected chi connectivity index (χ3v) is 2.78. The van der Waals surface area contributed by atoms with Crippen molar-refractivity contribution < 1.29 is 9.47 Å². The van der Waals surface area contributed by atoms with Crippen LogP contribution in [-0.2, 0) is 11.3 Å². The third-order valence-electron chi connectivity index (χ3n) is 2.29. The monoisotopic (exact) mass is 298 g/mol. The molecule has 0 radical (unpaired) electrons. The lowest BCUT2D eigenvalue weighted by atomic mass is 10.2. The minimum Gasteiger partial charge on any atom is -0.437 e. The first-order chi connectivity index (χ1) is 9.08. The number of hydrogen-bond donors (Lipinski definition) is 0. The molecule has 0 saturated carbocycles. The second-order valence-electron chi connectivity index (χ2n) is 3.91. The molecule has 4 nitrogen and oxygen atoms in total. The summed E-state index contributed by atoms with van der Waals surface area (Å²) >= 11 is 12.0. The van der Waals surface area contributed by atoms with Gasteiger partial charge in [-0.05, 0) is 24.6 Å². The number of ether oxygens (including phenoxy) is 2. The van der Waals surface area contributed by atoms with Crippen molar-refractivity contribution in [2.75, 3.05) is 7.11 Å². The van der Waals surface area contributed by atoms with Crippen LogP contribution in [-0.4, -0.2) is 17.1 Å². The number of halogens is 2. The Morgan fingerprint density at radius 1 is 1.16 bits per heavy atom. The predicted molar refractivity (Wildman–Crippen MR) is 74.0 cm³/mol. The third kappa shape index (κ3) is 3.80. The van der Waals surface area contributed by atoms with E-state index >= 15 is 0 Å². The molecule has 0 amide bonds. The zero-order valence-corrected chi connectivity index (χ0v) is 12.0. The lowest BCUT2D eigenvalue weighted by Gasteiger charge is -2.08. The van der Waals surface area contributed by atoms with Gasteiger partial charge < -0.3 is 9.47 Å². The molecule has 0 saturated heterocycles. The first-order valence-electron chi connectivity index (χ1n) is 5.55. The number of benzene rings is 1. The minimum absolute atomic E-state index is 0.262. The van der Waals surface area contributed by atoms with Gasteiger partial charge in [0.2, 0.25) is 5.88 Å². The van der Waals surface area contributed by atoms with Crippen LogP contribution in [0.5, 0.6) is 11.6 Å². The van der Waals surface area contributed by atoms with Gasteiger partial charge in [-0.2, -0.15) is 4.98 Å². The molecule has 2 rings (SSSR count). The van der Waals surface area contributed by atoms with Crippen LogP contribution in [0, 0.1) is 6.92 Å². The fourth-order valence-electron chi connectivity index (χ4n) is 1.49. The lowest BCUT2D eigenvalue weighted by molar-refractivity contribution is 0.177. The van der Waals surface area contributed by atoms with E-state index in [9.17, 15) is 0 Å². The fraction of sp³-hybridized carbons (Fsp3) is 0.231. The van der Waals surface area contributed by atoms with Crippen LogP contribution in [0.15, 0.2) is 24.3 Å². The number of nitrogens with zero attached hydrogens (tertiary/aromatic N) is 2. The topological polar surface area (TPSA) is 44.2 Å². The zero-order valence-electron chi connectivity index (χ0n) is 10.5. The van der Waals surface area contributed by atoms with Crippen LogP contribution < -0.4 is 4.74 Å². The summed E-state index contributed by atoms with van der Waals surface area (Å²) < 4.78 is 10.6. The van der Waals surface area contributed by atoms with Crippen molar-refractivity contribution >= 4 is 23.2 Å². The van der Waals surface area contributed by atoms with Gasteiger partial charge in [-0.15, -0.1) is 0 Å². The number of aromatic nitrogens is 2. The molecule has 0 unspecified atom stereocenters. The highest BCUT2D eigenvalue weighted by Crippen LogP contribution is 2.29. The van der Waals surface area contributed by atoms with E-state index in [4.69, 9.17) is 32.7 Å². The van der Waals surface area contributed by atoms with Gasteiger partial charge in [0.25, 0.3) is 0 Å². The maximum atomic E-state index is 6.09. The number of rotatable bonds is 4. The second kappa shape index (κ2) is 6.19. The second-order valence-corrected chi connectivity index (χ2v) is 4.71. The standard InChI is InChI=1S/C13H12Cl2N2O2/c1-8-3-4-10(9(14)5-8)19-13-6-11(15)16-12(17-13)7-18-2/h3-6H,7H2,1-2H3. The largest absolute Gasteiger partial charge is 0.437 e. The average Bonchev–Trinajstić information content (AvgIpc) is 2.32. The molecule has 0 N–H and O–H groups in total. The highest BCUT2D eigenvalue weighted by atomic mass is 35.5. The summed E-state index contributed by atoms with van der Waals surface area (Å²) in [7, 11) is 1.56. The molecule has 1 heterocycles. The summed E-state index contributed by atoms with van der Waals surface area (Å²) in [5.74, 6) is 1.30. The van der Waals surface area contributed by atoms with E-state index in [1.807, 2.05) is 19.1 Å². The Labute approximate surface area is 121 Å². The van der Waals surface area contributed by atoms with Gasteiger partial charge in [-0.3, -0.25) is 0 Å². The van der Waals surface area contributed by atoms with Crippen LogP contribution in [0.4, 0.5) is 0 Å². The van der Waals surface area contributed by atoms with Gasteiger partial charge in [0, 0.05) is 13.2 Å². The van der Waals surface area contributed by atoms with Crippen LogP contribution in [0.25, 0.3) is 0 Å². The van der Waals surface area contributed by atoms with Gasteiger partial charge in [-0.1, -0.05) is 29.3 Å². The molecular weight excluding hydrogens is 287 g/mol. The molecule has 100 valence electrons. The smallest absolute Gasteiger partial charge is 0.224 e.